The van der Waals surface area contributed by atoms with Crippen LogP contribution < -0.4 is 5.32 Å². The van der Waals surface area contributed by atoms with E-state index in [0.717, 1.165) is 6.42 Å². The molecule has 0 aromatic heterocycles. The number of nitrogens with one attached hydrogen (secondary N) is 1. The van der Waals surface area contributed by atoms with Crippen LogP contribution in [0.4, 0.5) is 0 Å². The van der Waals surface area contributed by atoms with Crippen LogP contribution in [0.5, 0.6) is 0 Å². The summed E-state index contributed by atoms with van der Waals surface area (Å²) in [5.74, 6) is -0.251. The Morgan fingerprint density at radius 1 is 1.26 bits per heavy atom. The number of benzene rings is 1. The Kier molecular flexibility index (Phi) is 7.80. The van der Waals surface area contributed by atoms with Gasteiger partial charge in [-0.3, -0.25) is 9.59 Å². The van der Waals surface area contributed by atoms with Crippen LogP contribution in [-0.4, -0.2) is 47.1 Å². The van der Waals surface area contributed by atoms with Gasteiger partial charge in [0.05, 0.1) is 11.5 Å². The average molecular weight is 370 g/mol. The van der Waals surface area contributed by atoms with Crippen LogP contribution in [0.1, 0.15) is 31.2 Å². The lowest BCUT2D eigenvalue weighted by Crippen LogP contribution is -2.49. The van der Waals surface area contributed by atoms with E-state index in [0.29, 0.717) is 38.8 Å². The zero-order valence-electron chi connectivity index (χ0n) is 15.9. The first-order valence-corrected chi connectivity index (χ1v) is 9.51. The minimum absolute atomic E-state index is 0.102. The molecule has 1 saturated heterocycles. The molecule has 1 fully saturated rings. The first-order chi connectivity index (χ1) is 13.0. The first-order valence-electron chi connectivity index (χ1n) is 9.51. The van der Waals surface area contributed by atoms with Gasteiger partial charge in [-0.05, 0) is 31.2 Å². The number of hydrogen-bond donors (Lipinski definition) is 2. The molecule has 1 aliphatic rings. The average Bonchev–Trinajstić information content (AvgIpc) is 2.67. The second-order valence-electron chi connectivity index (χ2n) is 7.24. The first kappa shape index (κ1) is 20.9. The van der Waals surface area contributed by atoms with E-state index in [2.05, 4.69) is 18.5 Å². The lowest BCUT2D eigenvalue weighted by atomic mass is 9.93. The van der Waals surface area contributed by atoms with Crippen LogP contribution in [0.2, 0.25) is 0 Å². The number of carbonyl (C=O) groups is 2. The molecule has 0 spiro atoms. The van der Waals surface area contributed by atoms with Gasteiger partial charge in [0.25, 0.3) is 0 Å². The molecule has 1 unspecified atom stereocenters. The van der Waals surface area contributed by atoms with E-state index in [1.54, 1.807) is 17.1 Å². The molecule has 2 rings (SSSR count). The van der Waals surface area contributed by atoms with Crippen LogP contribution in [-0.2, 0) is 16.0 Å². The zero-order chi connectivity index (χ0) is 19.7. The van der Waals surface area contributed by atoms with Crippen LogP contribution >= 0.6 is 0 Å². The summed E-state index contributed by atoms with van der Waals surface area (Å²) >= 11 is 0. The molecule has 146 valence electrons. The summed E-state index contributed by atoms with van der Waals surface area (Å²) in [7, 11) is 0. The van der Waals surface area contributed by atoms with Crippen molar-refractivity contribution in [2.24, 2.45) is 5.92 Å². The third-order valence-corrected chi connectivity index (χ3v) is 5.02. The predicted molar refractivity (Wildman–Crippen MR) is 107 cm³/mol. The molecule has 0 bridgehead atoms. The van der Waals surface area contributed by atoms with Gasteiger partial charge in [0.1, 0.15) is 0 Å². The van der Waals surface area contributed by atoms with Crippen molar-refractivity contribution in [1.29, 1.82) is 0 Å². The Morgan fingerprint density at radius 3 is 2.56 bits per heavy atom. The van der Waals surface area contributed by atoms with E-state index in [1.807, 2.05) is 30.3 Å². The third-order valence-electron chi connectivity index (χ3n) is 5.02. The van der Waals surface area contributed by atoms with Crippen molar-refractivity contribution in [2.75, 3.05) is 19.6 Å². The molecule has 0 aliphatic carbocycles. The largest absolute Gasteiger partial charge is 0.387 e. The molecule has 5 heteroatoms. The lowest BCUT2D eigenvalue weighted by Gasteiger charge is -2.33. The molecule has 2 N–H and O–H groups in total. The Bertz CT molecular complexity index is 647. The normalized spacial score (nSPS) is 17.4. The zero-order valence-corrected chi connectivity index (χ0v) is 15.9. The summed E-state index contributed by atoms with van der Waals surface area (Å²) in [5.41, 5.74) is 0.118. The van der Waals surface area contributed by atoms with Gasteiger partial charge < -0.3 is 15.3 Å². The predicted octanol–water partition coefficient (Wildman–Crippen LogP) is 2.47. The van der Waals surface area contributed by atoms with Gasteiger partial charge in [0, 0.05) is 26.1 Å². The van der Waals surface area contributed by atoms with Crippen LogP contribution in [0.15, 0.2) is 55.6 Å². The number of piperidine rings is 1. The summed E-state index contributed by atoms with van der Waals surface area (Å²) in [4.78, 5) is 26.5. The van der Waals surface area contributed by atoms with Gasteiger partial charge in [-0.25, -0.2) is 0 Å². The number of carbonyl (C=O) groups excluding carboxylic acids is 2. The third kappa shape index (κ3) is 6.36. The molecule has 1 atom stereocenters. The van der Waals surface area contributed by atoms with E-state index in [9.17, 15) is 14.7 Å². The van der Waals surface area contributed by atoms with Crippen molar-refractivity contribution in [1.82, 2.24) is 10.2 Å². The van der Waals surface area contributed by atoms with E-state index >= 15 is 0 Å². The summed E-state index contributed by atoms with van der Waals surface area (Å²) in [6.07, 6.45) is 5.75. The highest BCUT2D eigenvalue weighted by Crippen LogP contribution is 2.20. The number of likely N-dealkylation sites (tertiary alicyclic amines) is 1. The smallest absolute Gasteiger partial charge is 0.225 e. The standard InChI is InChI=1S/C22H30N2O3/c1-3-13-22(27,14-4-2)17-23-21(26)19-10-11-20(25)24(16-19)15-12-18-8-6-5-7-9-18/h3-9,19,27H,1-2,10-17H2,(H,23,26). The van der Waals surface area contributed by atoms with Crippen LogP contribution in [0.25, 0.3) is 0 Å². The van der Waals surface area contributed by atoms with Crippen molar-refractivity contribution >= 4 is 11.8 Å². The molecule has 5 nitrogen and oxygen atoms in total. The second kappa shape index (κ2) is 10.1. The maximum absolute atomic E-state index is 12.6. The molecular formula is C22H30N2O3. The number of nitrogens with zero attached hydrogens (tertiary/aromatic N) is 1. The summed E-state index contributed by atoms with van der Waals surface area (Å²) in [6.45, 7) is 8.51. The molecule has 1 aromatic carbocycles. The monoisotopic (exact) mass is 370 g/mol. The maximum Gasteiger partial charge on any atom is 0.225 e. The van der Waals surface area contributed by atoms with Crippen LogP contribution in [0, 0.1) is 5.92 Å². The Balaban J connectivity index is 1.88. The SMILES string of the molecule is C=CCC(O)(CC=C)CNC(=O)C1CCC(=O)N(CCc2ccccc2)C1. The number of rotatable bonds is 10. The number of aliphatic hydroxyl groups is 1. The van der Waals surface area contributed by atoms with E-state index in [4.69, 9.17) is 0 Å². The van der Waals surface area contributed by atoms with Gasteiger partial charge in [-0.1, -0.05) is 42.5 Å². The van der Waals surface area contributed by atoms with Gasteiger partial charge >= 0.3 is 0 Å². The van der Waals surface area contributed by atoms with E-state index < -0.39 is 5.60 Å². The molecule has 1 heterocycles. The second-order valence-corrected chi connectivity index (χ2v) is 7.24. The van der Waals surface area contributed by atoms with Crippen molar-refractivity contribution < 1.29 is 14.7 Å². The molecule has 1 aromatic rings. The summed E-state index contributed by atoms with van der Waals surface area (Å²) in [5, 5.41) is 13.4. The topological polar surface area (TPSA) is 69.6 Å². The summed E-state index contributed by atoms with van der Waals surface area (Å²) in [6, 6.07) is 10.0. The molecule has 2 amide bonds. The maximum atomic E-state index is 12.6. The van der Waals surface area contributed by atoms with Crippen LogP contribution in [0.3, 0.4) is 0 Å². The van der Waals surface area contributed by atoms with Gasteiger partial charge in [0.15, 0.2) is 0 Å². The fourth-order valence-corrected chi connectivity index (χ4v) is 3.41. The molecule has 27 heavy (non-hydrogen) atoms. The Labute approximate surface area is 161 Å². The minimum Gasteiger partial charge on any atom is -0.387 e. The fraction of sp³-hybridized carbons (Fsp3) is 0.455. The van der Waals surface area contributed by atoms with Gasteiger partial charge in [0.2, 0.25) is 11.8 Å². The summed E-state index contributed by atoms with van der Waals surface area (Å²) < 4.78 is 0. The molecule has 0 saturated carbocycles. The van der Waals surface area contributed by atoms with Gasteiger partial charge in [-0.15, -0.1) is 13.2 Å². The lowest BCUT2D eigenvalue weighted by molar-refractivity contribution is -0.138. The Morgan fingerprint density at radius 2 is 1.93 bits per heavy atom. The minimum atomic E-state index is -1.06. The van der Waals surface area contributed by atoms with Crippen molar-refractivity contribution in [3.63, 3.8) is 0 Å². The van der Waals surface area contributed by atoms with Crippen molar-refractivity contribution in [3.8, 4) is 0 Å². The van der Waals surface area contributed by atoms with E-state index in [-0.39, 0.29) is 24.3 Å². The van der Waals surface area contributed by atoms with Crippen molar-refractivity contribution in [2.45, 2.75) is 37.7 Å². The molecule has 0 radical (unpaired) electrons. The molecular weight excluding hydrogens is 340 g/mol. The quantitative estimate of drug-likeness (QED) is 0.622. The highest BCUT2D eigenvalue weighted by Gasteiger charge is 2.31. The Hall–Kier alpha value is -2.40. The number of hydrogen-bond acceptors (Lipinski definition) is 3. The van der Waals surface area contributed by atoms with Crippen molar-refractivity contribution in [3.05, 3.63) is 61.2 Å². The molecule has 1 aliphatic heterocycles. The highest BCUT2D eigenvalue weighted by atomic mass is 16.3. The fourth-order valence-electron chi connectivity index (χ4n) is 3.41. The van der Waals surface area contributed by atoms with Gasteiger partial charge in [-0.2, -0.15) is 0 Å². The van der Waals surface area contributed by atoms with E-state index in [1.165, 1.54) is 5.56 Å². The number of amides is 2. The highest BCUT2D eigenvalue weighted by molar-refractivity contribution is 5.83.